The Morgan fingerprint density at radius 1 is 1.25 bits per heavy atom. The van der Waals surface area contributed by atoms with Gasteiger partial charge in [0.15, 0.2) is 0 Å². The van der Waals surface area contributed by atoms with Crippen LogP contribution in [0.1, 0.15) is 6.42 Å². The van der Waals surface area contributed by atoms with E-state index in [0.717, 1.165) is 4.31 Å². The van der Waals surface area contributed by atoms with Crippen molar-refractivity contribution in [3.8, 4) is 0 Å². The van der Waals surface area contributed by atoms with Crippen molar-refractivity contribution in [3.63, 3.8) is 0 Å². The van der Waals surface area contributed by atoms with E-state index in [-0.39, 0.29) is 27.9 Å². The smallest absolute Gasteiger partial charge is 0.324 e. The summed E-state index contributed by atoms with van der Waals surface area (Å²) in [6, 6.07) is 2.24. The van der Waals surface area contributed by atoms with E-state index in [1.165, 1.54) is 18.2 Å². The summed E-state index contributed by atoms with van der Waals surface area (Å²) in [6.45, 7) is -0.0788. The van der Waals surface area contributed by atoms with Crippen molar-refractivity contribution in [3.05, 3.63) is 28.2 Å². The highest BCUT2D eigenvalue weighted by atomic mass is 35.5. The fourth-order valence-corrected chi connectivity index (χ4v) is 4.47. The number of carboxylic acids is 1. The third kappa shape index (κ3) is 2.77. The quantitative estimate of drug-likeness (QED) is 0.862. The Kier molecular flexibility index (Phi) is 4.27. The molecule has 0 unspecified atom stereocenters. The zero-order valence-corrected chi connectivity index (χ0v) is 12.4. The number of carbonyl (C=O) groups is 1. The lowest BCUT2D eigenvalue weighted by Gasteiger charge is -2.22. The first kappa shape index (κ1) is 15.5. The van der Waals surface area contributed by atoms with Crippen LogP contribution >= 0.6 is 23.2 Å². The summed E-state index contributed by atoms with van der Waals surface area (Å²) in [5.74, 6) is -1.40. The third-order valence-corrected chi connectivity index (χ3v) is 5.31. The predicted octanol–water partition coefficient (Wildman–Crippen LogP) is 1.20. The van der Waals surface area contributed by atoms with Crippen LogP contribution in [0.3, 0.4) is 0 Å². The van der Waals surface area contributed by atoms with Crippen LogP contribution < -0.4 is 0 Å². The number of hydrogen-bond acceptors (Lipinski definition) is 4. The maximum absolute atomic E-state index is 12.4. The van der Waals surface area contributed by atoms with Crippen LogP contribution in [-0.4, -0.2) is 47.6 Å². The average Bonchev–Trinajstić information content (AvgIpc) is 2.70. The van der Waals surface area contributed by atoms with Gasteiger partial charge >= 0.3 is 5.97 Å². The van der Waals surface area contributed by atoms with Gasteiger partial charge in [0.2, 0.25) is 10.0 Å². The fraction of sp³-hybridized carbons (Fsp3) is 0.364. The Labute approximate surface area is 125 Å². The summed E-state index contributed by atoms with van der Waals surface area (Å²) in [6.07, 6.45) is -1.18. The lowest BCUT2D eigenvalue weighted by molar-refractivity contribution is -0.143. The van der Waals surface area contributed by atoms with E-state index in [4.69, 9.17) is 28.3 Å². The zero-order valence-electron chi connectivity index (χ0n) is 10.0. The van der Waals surface area contributed by atoms with E-state index in [1.54, 1.807) is 0 Å². The van der Waals surface area contributed by atoms with Crippen LogP contribution in [0.2, 0.25) is 10.0 Å². The van der Waals surface area contributed by atoms with E-state index in [9.17, 15) is 18.3 Å². The summed E-state index contributed by atoms with van der Waals surface area (Å²) in [5, 5.41) is 18.9. The highest BCUT2D eigenvalue weighted by molar-refractivity contribution is 7.89. The third-order valence-electron chi connectivity index (χ3n) is 3.02. The molecule has 0 aliphatic carbocycles. The van der Waals surface area contributed by atoms with Gasteiger partial charge in [0.05, 0.1) is 11.0 Å². The van der Waals surface area contributed by atoms with Gasteiger partial charge in [0, 0.05) is 16.6 Å². The molecule has 0 aromatic heterocycles. The van der Waals surface area contributed by atoms with Gasteiger partial charge in [-0.3, -0.25) is 4.79 Å². The molecule has 0 bridgehead atoms. The summed E-state index contributed by atoms with van der Waals surface area (Å²) in [7, 11) is -4.09. The van der Waals surface area contributed by atoms with E-state index >= 15 is 0 Å². The highest BCUT2D eigenvalue weighted by Gasteiger charge is 2.45. The minimum absolute atomic E-state index is 0.0600. The molecule has 6 nitrogen and oxygen atoms in total. The molecule has 9 heteroatoms. The Bertz CT molecular complexity index is 628. The Morgan fingerprint density at radius 2 is 1.80 bits per heavy atom. The molecule has 20 heavy (non-hydrogen) atoms. The van der Waals surface area contributed by atoms with Gasteiger partial charge in [-0.15, -0.1) is 0 Å². The first-order valence-electron chi connectivity index (χ1n) is 5.62. The number of aliphatic carboxylic acids is 1. The predicted molar refractivity (Wildman–Crippen MR) is 72.4 cm³/mol. The van der Waals surface area contributed by atoms with Crippen molar-refractivity contribution < 1.29 is 23.4 Å². The molecular weight excluding hydrogens is 329 g/mol. The normalized spacial score (nSPS) is 23.9. The second kappa shape index (κ2) is 5.50. The maximum Gasteiger partial charge on any atom is 0.324 e. The zero-order chi connectivity index (χ0) is 15.1. The molecule has 0 spiro atoms. The molecule has 1 heterocycles. The number of aliphatic hydroxyl groups excluding tert-OH is 1. The molecule has 1 aliphatic heterocycles. The number of hydrogen-bond donors (Lipinski definition) is 2. The summed E-state index contributed by atoms with van der Waals surface area (Å²) >= 11 is 11.5. The standard InChI is InChI=1S/C11H11Cl2NO5S/c12-6-3-7(13)5-8(4-6)20(18,19)14-2-1-9(15)10(14)11(16)17/h3-5,9-10,15H,1-2H2,(H,16,17)/t9-,10-/m0/s1. The molecule has 1 aromatic carbocycles. The van der Waals surface area contributed by atoms with E-state index in [0.29, 0.717) is 0 Å². The van der Waals surface area contributed by atoms with Crippen LogP contribution in [0.25, 0.3) is 0 Å². The number of rotatable bonds is 3. The number of halogens is 2. The Balaban J connectivity index is 2.47. The van der Waals surface area contributed by atoms with E-state index in [2.05, 4.69) is 0 Å². The van der Waals surface area contributed by atoms with Gasteiger partial charge in [-0.05, 0) is 24.6 Å². The molecule has 0 amide bonds. The number of nitrogens with zero attached hydrogens (tertiary/aromatic N) is 1. The van der Waals surface area contributed by atoms with Gasteiger partial charge in [0.1, 0.15) is 6.04 Å². The minimum Gasteiger partial charge on any atom is -0.480 e. The Hall–Kier alpha value is -0.860. The van der Waals surface area contributed by atoms with Crippen molar-refractivity contribution in [1.29, 1.82) is 0 Å². The van der Waals surface area contributed by atoms with Gasteiger partial charge in [-0.2, -0.15) is 4.31 Å². The number of aliphatic hydroxyl groups is 1. The SMILES string of the molecule is O=C(O)[C@@H]1[C@@H](O)CCN1S(=O)(=O)c1cc(Cl)cc(Cl)c1. The van der Waals surface area contributed by atoms with E-state index in [1.807, 2.05) is 0 Å². The van der Waals surface area contributed by atoms with Crippen molar-refractivity contribution >= 4 is 39.2 Å². The van der Waals surface area contributed by atoms with Crippen molar-refractivity contribution in [2.75, 3.05) is 6.54 Å². The maximum atomic E-state index is 12.4. The first-order valence-corrected chi connectivity index (χ1v) is 7.82. The molecule has 2 atom stereocenters. The van der Waals surface area contributed by atoms with E-state index < -0.39 is 28.1 Å². The number of sulfonamides is 1. The van der Waals surface area contributed by atoms with Crippen molar-refractivity contribution in [2.45, 2.75) is 23.5 Å². The lowest BCUT2D eigenvalue weighted by atomic mass is 10.2. The van der Waals surface area contributed by atoms with Crippen LogP contribution in [-0.2, 0) is 14.8 Å². The summed E-state index contributed by atoms with van der Waals surface area (Å²) in [4.78, 5) is 10.9. The van der Waals surface area contributed by atoms with Crippen LogP contribution in [0, 0.1) is 0 Å². The lowest BCUT2D eigenvalue weighted by Crippen LogP contribution is -2.44. The molecular formula is C11H11Cl2NO5S. The monoisotopic (exact) mass is 339 g/mol. The van der Waals surface area contributed by atoms with Gasteiger partial charge < -0.3 is 10.2 Å². The second-order valence-corrected chi connectivity index (χ2v) is 7.12. The molecule has 2 N–H and O–H groups in total. The molecule has 0 radical (unpaired) electrons. The largest absolute Gasteiger partial charge is 0.480 e. The van der Waals surface area contributed by atoms with Gasteiger partial charge in [-0.25, -0.2) is 8.42 Å². The van der Waals surface area contributed by atoms with Gasteiger partial charge in [-0.1, -0.05) is 23.2 Å². The summed E-state index contributed by atoms with van der Waals surface area (Å²) < 4.78 is 25.6. The molecule has 1 fully saturated rings. The van der Waals surface area contributed by atoms with Crippen LogP contribution in [0.5, 0.6) is 0 Å². The van der Waals surface area contributed by atoms with Crippen molar-refractivity contribution in [1.82, 2.24) is 4.31 Å². The topological polar surface area (TPSA) is 94.9 Å². The molecule has 1 aliphatic rings. The van der Waals surface area contributed by atoms with Crippen LogP contribution in [0.15, 0.2) is 23.1 Å². The minimum atomic E-state index is -4.09. The molecule has 1 aromatic rings. The molecule has 110 valence electrons. The van der Waals surface area contributed by atoms with Gasteiger partial charge in [0.25, 0.3) is 0 Å². The van der Waals surface area contributed by atoms with Crippen LogP contribution in [0.4, 0.5) is 0 Å². The molecule has 2 rings (SSSR count). The fourth-order valence-electron chi connectivity index (χ4n) is 2.12. The second-order valence-electron chi connectivity index (χ2n) is 4.36. The molecule has 1 saturated heterocycles. The number of carboxylic acid groups (broad SMARTS) is 1. The first-order chi connectivity index (χ1) is 9.23. The highest BCUT2D eigenvalue weighted by Crippen LogP contribution is 2.29. The number of benzene rings is 1. The molecule has 0 saturated carbocycles. The Morgan fingerprint density at radius 3 is 2.30 bits per heavy atom. The summed E-state index contributed by atoms with van der Waals surface area (Å²) in [5.41, 5.74) is 0. The average molecular weight is 340 g/mol. The van der Waals surface area contributed by atoms with Crippen molar-refractivity contribution in [2.24, 2.45) is 0 Å².